The fraction of sp³-hybridized carbons (Fsp3) is 0.385. The molecule has 2 rings (SSSR count). The summed E-state index contributed by atoms with van der Waals surface area (Å²) in [4.78, 5) is 8.70. The molecule has 0 aromatic carbocycles. The van der Waals surface area contributed by atoms with Gasteiger partial charge in [0.05, 0.1) is 6.61 Å². The molecule has 0 bridgehead atoms. The molecule has 0 aliphatic heterocycles. The van der Waals surface area contributed by atoms with E-state index in [1.54, 1.807) is 25.1 Å². The number of ether oxygens (including phenoxy) is 1. The third kappa shape index (κ3) is 4.34. The Morgan fingerprint density at radius 3 is 2.89 bits per heavy atom. The van der Waals surface area contributed by atoms with Crippen LogP contribution in [0.3, 0.4) is 0 Å². The minimum Gasteiger partial charge on any atom is -0.383 e. The summed E-state index contributed by atoms with van der Waals surface area (Å²) in [6.07, 6.45) is 5.61. The topological polar surface area (TPSA) is 52.0 Å². The van der Waals surface area contributed by atoms with Crippen LogP contribution in [0.1, 0.15) is 5.56 Å². The summed E-state index contributed by atoms with van der Waals surface area (Å²) >= 11 is 1.56. The number of nitrogens with zero attached hydrogens (tertiary/aromatic N) is 3. The first-order valence-corrected chi connectivity index (χ1v) is 6.91. The summed E-state index contributed by atoms with van der Waals surface area (Å²) in [7, 11) is 3.68. The van der Waals surface area contributed by atoms with Crippen LogP contribution in [0.15, 0.2) is 40.9 Å². The molecule has 1 N–H and O–H groups in total. The summed E-state index contributed by atoms with van der Waals surface area (Å²) in [5.74, 6) is 0. The van der Waals surface area contributed by atoms with Gasteiger partial charge in [0.15, 0.2) is 5.16 Å². The number of hydrogen-bond donors (Lipinski definition) is 1. The maximum atomic E-state index is 4.98. The van der Waals surface area contributed by atoms with E-state index in [9.17, 15) is 0 Å². The zero-order valence-electron chi connectivity index (χ0n) is 11.2. The second-order valence-electron chi connectivity index (χ2n) is 4.10. The van der Waals surface area contributed by atoms with E-state index in [-0.39, 0.29) is 0 Å². The van der Waals surface area contributed by atoms with Gasteiger partial charge >= 0.3 is 0 Å². The van der Waals surface area contributed by atoms with Crippen LogP contribution in [-0.4, -0.2) is 34.8 Å². The maximum Gasteiger partial charge on any atom is 0.174 e. The number of methoxy groups -OCH3 is 1. The lowest BCUT2D eigenvalue weighted by molar-refractivity contribution is 0.199. The number of rotatable bonds is 7. The van der Waals surface area contributed by atoms with Crippen LogP contribution in [-0.2, 0) is 18.3 Å². The van der Waals surface area contributed by atoms with Crippen LogP contribution >= 0.6 is 11.8 Å². The lowest BCUT2D eigenvalue weighted by Gasteiger charge is -2.05. The summed E-state index contributed by atoms with van der Waals surface area (Å²) in [5, 5.41) is 5.19. The minimum atomic E-state index is 0.723. The Balaban J connectivity index is 1.86. The van der Waals surface area contributed by atoms with Gasteiger partial charge in [-0.25, -0.2) is 9.97 Å². The lowest BCUT2D eigenvalue weighted by Crippen LogP contribution is -2.18. The molecule has 2 heterocycles. The average Bonchev–Trinajstić information content (AvgIpc) is 2.82. The van der Waals surface area contributed by atoms with Gasteiger partial charge in [-0.1, -0.05) is 6.07 Å². The van der Waals surface area contributed by atoms with Crippen LogP contribution in [0.2, 0.25) is 0 Å². The molecule has 0 radical (unpaired) electrons. The van der Waals surface area contributed by atoms with Gasteiger partial charge in [-0.15, -0.1) is 0 Å². The molecule has 0 spiro atoms. The van der Waals surface area contributed by atoms with Crippen molar-refractivity contribution in [3.63, 3.8) is 0 Å². The molecule has 6 heteroatoms. The van der Waals surface area contributed by atoms with Crippen molar-refractivity contribution in [1.29, 1.82) is 0 Å². The van der Waals surface area contributed by atoms with Crippen molar-refractivity contribution in [3.8, 4) is 0 Å². The molecule has 0 unspecified atom stereocenters. The second kappa shape index (κ2) is 7.28. The van der Waals surface area contributed by atoms with E-state index in [0.29, 0.717) is 0 Å². The van der Waals surface area contributed by atoms with Gasteiger partial charge in [0.1, 0.15) is 5.03 Å². The number of hydrogen-bond acceptors (Lipinski definition) is 5. The molecule has 5 nitrogen and oxygen atoms in total. The number of pyridine rings is 1. The van der Waals surface area contributed by atoms with E-state index in [4.69, 9.17) is 4.74 Å². The van der Waals surface area contributed by atoms with Gasteiger partial charge in [-0.3, -0.25) is 0 Å². The highest BCUT2D eigenvalue weighted by Gasteiger charge is 2.03. The molecule has 102 valence electrons. The van der Waals surface area contributed by atoms with Crippen LogP contribution in [0.25, 0.3) is 0 Å². The predicted octanol–water partition coefficient (Wildman–Crippen LogP) is 1.70. The van der Waals surface area contributed by atoms with Crippen LogP contribution in [0.4, 0.5) is 0 Å². The Hall–Kier alpha value is -1.37. The molecule has 0 saturated carbocycles. The van der Waals surface area contributed by atoms with E-state index >= 15 is 0 Å². The first-order chi connectivity index (χ1) is 9.29. The second-order valence-corrected chi connectivity index (χ2v) is 5.08. The van der Waals surface area contributed by atoms with Crippen LogP contribution in [0.5, 0.6) is 0 Å². The maximum absolute atomic E-state index is 4.98. The zero-order chi connectivity index (χ0) is 13.5. The summed E-state index contributed by atoms with van der Waals surface area (Å²) in [6, 6.07) is 4.10. The summed E-state index contributed by atoms with van der Waals surface area (Å²) in [6.45, 7) is 2.38. The molecular formula is C13H18N4OS. The number of nitrogens with one attached hydrogen (secondary N) is 1. The molecule has 2 aromatic rings. The molecular weight excluding hydrogens is 260 g/mol. The number of aromatic nitrogens is 3. The molecule has 19 heavy (non-hydrogen) atoms. The fourth-order valence-electron chi connectivity index (χ4n) is 1.53. The molecule has 0 atom stereocenters. The lowest BCUT2D eigenvalue weighted by atomic mass is 10.3. The molecule has 0 amide bonds. The average molecular weight is 278 g/mol. The Labute approximate surface area is 117 Å². The van der Waals surface area contributed by atoms with Gasteiger partial charge in [-0.05, 0) is 23.4 Å². The van der Waals surface area contributed by atoms with E-state index < -0.39 is 0 Å². The smallest absolute Gasteiger partial charge is 0.174 e. The monoisotopic (exact) mass is 278 g/mol. The third-order valence-electron chi connectivity index (χ3n) is 2.58. The zero-order valence-corrected chi connectivity index (χ0v) is 12.0. The van der Waals surface area contributed by atoms with Gasteiger partial charge in [0.25, 0.3) is 0 Å². The Bertz CT molecular complexity index is 498. The van der Waals surface area contributed by atoms with E-state index in [0.717, 1.165) is 29.9 Å². The molecule has 0 aliphatic rings. The standard InChI is InChI=1S/C13H18N4OS/c1-17-7-5-15-13(17)19-12-4-3-11(10-16-12)9-14-6-8-18-2/h3-5,7,10,14H,6,8-9H2,1-2H3. The highest BCUT2D eigenvalue weighted by molar-refractivity contribution is 7.99. The van der Waals surface area contributed by atoms with Crippen molar-refractivity contribution in [3.05, 3.63) is 36.3 Å². The van der Waals surface area contributed by atoms with Crippen molar-refractivity contribution in [2.24, 2.45) is 7.05 Å². The minimum absolute atomic E-state index is 0.723. The van der Waals surface area contributed by atoms with Crippen LogP contribution < -0.4 is 5.32 Å². The third-order valence-corrected chi connectivity index (χ3v) is 3.61. The van der Waals surface area contributed by atoms with Gasteiger partial charge < -0.3 is 14.6 Å². The highest BCUT2D eigenvalue weighted by Crippen LogP contribution is 2.23. The molecule has 0 saturated heterocycles. The molecule has 0 fully saturated rings. The summed E-state index contributed by atoms with van der Waals surface area (Å²) < 4.78 is 6.96. The van der Waals surface area contributed by atoms with E-state index in [1.165, 1.54) is 5.56 Å². The quantitative estimate of drug-likeness (QED) is 0.781. The predicted molar refractivity (Wildman–Crippen MR) is 75.2 cm³/mol. The van der Waals surface area contributed by atoms with Crippen molar-refractivity contribution < 1.29 is 4.74 Å². The summed E-state index contributed by atoms with van der Waals surface area (Å²) in [5.41, 5.74) is 1.17. The first kappa shape index (κ1) is 14.0. The number of aryl methyl sites for hydroxylation is 1. The SMILES string of the molecule is COCCNCc1ccc(Sc2nccn2C)nc1. The number of imidazole rings is 1. The Morgan fingerprint density at radius 1 is 1.37 bits per heavy atom. The molecule has 0 aliphatic carbocycles. The molecule has 2 aromatic heterocycles. The highest BCUT2D eigenvalue weighted by atomic mass is 32.2. The normalized spacial score (nSPS) is 10.8. The largest absolute Gasteiger partial charge is 0.383 e. The van der Waals surface area contributed by atoms with Crippen molar-refractivity contribution in [2.75, 3.05) is 20.3 Å². The van der Waals surface area contributed by atoms with Crippen molar-refractivity contribution in [2.45, 2.75) is 16.7 Å². The van der Waals surface area contributed by atoms with Gasteiger partial charge in [0, 0.05) is 45.8 Å². The first-order valence-electron chi connectivity index (χ1n) is 6.09. The van der Waals surface area contributed by atoms with E-state index in [1.807, 2.05) is 30.1 Å². The fourth-order valence-corrected chi connectivity index (χ4v) is 2.27. The van der Waals surface area contributed by atoms with E-state index in [2.05, 4.69) is 21.4 Å². The van der Waals surface area contributed by atoms with Crippen molar-refractivity contribution >= 4 is 11.8 Å². The Morgan fingerprint density at radius 2 is 2.26 bits per heavy atom. The van der Waals surface area contributed by atoms with Crippen molar-refractivity contribution in [1.82, 2.24) is 19.9 Å². The van der Waals surface area contributed by atoms with Crippen LogP contribution in [0, 0.1) is 0 Å². The van der Waals surface area contributed by atoms with Gasteiger partial charge in [0.2, 0.25) is 0 Å². The Kier molecular flexibility index (Phi) is 5.38. The van der Waals surface area contributed by atoms with Gasteiger partial charge in [-0.2, -0.15) is 0 Å².